The fraction of sp³-hybridized carbons (Fsp3) is 0.368. The van der Waals surface area contributed by atoms with E-state index in [9.17, 15) is 0 Å². The molecule has 3 atom stereocenters. The summed E-state index contributed by atoms with van der Waals surface area (Å²) < 4.78 is 0. The van der Waals surface area contributed by atoms with E-state index in [0.717, 1.165) is 12.8 Å². The van der Waals surface area contributed by atoms with Gasteiger partial charge >= 0.3 is 0 Å². The summed E-state index contributed by atoms with van der Waals surface area (Å²) in [5.41, 5.74) is 9.39. The maximum atomic E-state index is 6.92. The summed E-state index contributed by atoms with van der Waals surface area (Å²) >= 11 is 13.7. The van der Waals surface area contributed by atoms with Gasteiger partial charge in [-0.15, -0.1) is 23.2 Å². The Labute approximate surface area is 136 Å². The molecule has 4 bridgehead atoms. The first kappa shape index (κ1) is 13.7. The van der Waals surface area contributed by atoms with Crippen LogP contribution in [0, 0.1) is 13.8 Å². The Balaban J connectivity index is 1.93. The van der Waals surface area contributed by atoms with Crippen LogP contribution in [-0.2, 0) is 12.8 Å². The van der Waals surface area contributed by atoms with Crippen molar-refractivity contribution in [2.75, 3.05) is 0 Å². The highest BCUT2D eigenvalue weighted by Gasteiger charge is 2.38. The molecule has 3 unspecified atom stereocenters. The van der Waals surface area contributed by atoms with Gasteiger partial charge in [0.05, 0.1) is 10.8 Å². The monoisotopic (exact) mass is 316 g/mol. The second kappa shape index (κ2) is 4.76. The molecular weight excluding hydrogens is 299 g/mol. The molecule has 0 aliphatic heterocycles. The normalized spacial score (nSPS) is 26.2. The van der Waals surface area contributed by atoms with Gasteiger partial charge in [-0.05, 0) is 60.1 Å². The molecule has 0 heterocycles. The van der Waals surface area contributed by atoms with Crippen molar-refractivity contribution in [3.05, 3.63) is 69.3 Å². The van der Waals surface area contributed by atoms with Gasteiger partial charge in [0, 0.05) is 5.92 Å². The van der Waals surface area contributed by atoms with Gasteiger partial charge in [-0.3, -0.25) is 0 Å². The van der Waals surface area contributed by atoms with Crippen molar-refractivity contribution in [2.24, 2.45) is 0 Å². The first-order valence-electron chi connectivity index (χ1n) is 7.56. The van der Waals surface area contributed by atoms with Crippen LogP contribution in [0.15, 0.2) is 30.3 Å². The third-order valence-corrected chi connectivity index (χ3v) is 6.02. The summed E-state index contributed by atoms with van der Waals surface area (Å²) in [4.78, 5) is 0. The van der Waals surface area contributed by atoms with E-state index in [1.807, 2.05) is 0 Å². The van der Waals surface area contributed by atoms with Crippen molar-refractivity contribution >= 4 is 23.2 Å². The Hall–Kier alpha value is -0.980. The number of rotatable bonds is 0. The van der Waals surface area contributed by atoms with E-state index in [-0.39, 0.29) is 10.8 Å². The van der Waals surface area contributed by atoms with Gasteiger partial charge in [-0.1, -0.05) is 35.9 Å². The van der Waals surface area contributed by atoms with Crippen molar-refractivity contribution in [1.82, 2.24) is 0 Å². The Kier molecular flexibility index (Phi) is 3.10. The lowest BCUT2D eigenvalue weighted by atomic mass is 9.85. The lowest BCUT2D eigenvalue weighted by Crippen LogP contribution is -2.12. The number of halogens is 2. The molecule has 0 saturated carbocycles. The Bertz CT molecular complexity index is 733. The van der Waals surface area contributed by atoms with Crippen LogP contribution in [0.2, 0.25) is 0 Å². The van der Waals surface area contributed by atoms with Gasteiger partial charge in [-0.2, -0.15) is 0 Å². The number of hydrogen-bond acceptors (Lipinski definition) is 0. The van der Waals surface area contributed by atoms with Crippen LogP contribution < -0.4 is 0 Å². The van der Waals surface area contributed by atoms with E-state index in [1.165, 1.54) is 38.9 Å². The van der Waals surface area contributed by atoms with Crippen molar-refractivity contribution in [1.29, 1.82) is 0 Å². The van der Waals surface area contributed by atoms with Gasteiger partial charge in [0.25, 0.3) is 0 Å². The summed E-state index contributed by atoms with van der Waals surface area (Å²) in [5, 5.41) is 0.104. The summed E-state index contributed by atoms with van der Waals surface area (Å²) in [6, 6.07) is 11.1. The standard InChI is InChI=1S/C19H18Cl2/c1-10-3-5-12-8-17(20)18-13-6-4-11(2)14(18)9-16(13)19(21)15(12)7-10/h3-7,16-17,19H,8-9H2,1-2H3. The number of alkyl halides is 2. The van der Waals surface area contributed by atoms with E-state index in [2.05, 4.69) is 44.2 Å². The minimum Gasteiger partial charge on any atom is -0.117 e. The number of hydrogen-bond donors (Lipinski definition) is 0. The summed E-state index contributed by atoms with van der Waals surface area (Å²) in [7, 11) is 0. The van der Waals surface area contributed by atoms with Crippen LogP contribution >= 0.6 is 23.2 Å². The van der Waals surface area contributed by atoms with E-state index < -0.39 is 0 Å². The predicted molar refractivity (Wildman–Crippen MR) is 89.7 cm³/mol. The fourth-order valence-corrected chi connectivity index (χ4v) is 4.87. The molecule has 0 amide bonds. The molecule has 0 aromatic heterocycles. The largest absolute Gasteiger partial charge is 0.117 e. The second-order valence-electron chi connectivity index (χ2n) is 6.45. The molecule has 0 fully saturated rings. The predicted octanol–water partition coefficient (Wildman–Crippen LogP) is 5.76. The first-order chi connectivity index (χ1) is 10.1. The zero-order valence-electron chi connectivity index (χ0n) is 12.3. The second-order valence-corrected chi connectivity index (χ2v) is 7.45. The van der Waals surface area contributed by atoms with Crippen LogP contribution in [0.1, 0.15) is 55.6 Å². The Morgan fingerprint density at radius 2 is 1.76 bits per heavy atom. The molecule has 21 heavy (non-hydrogen) atoms. The third-order valence-electron chi connectivity index (χ3n) is 5.11. The minimum absolute atomic E-state index is 0.0436. The first-order valence-corrected chi connectivity index (χ1v) is 8.43. The lowest BCUT2D eigenvalue weighted by molar-refractivity contribution is 0.673. The highest BCUT2D eigenvalue weighted by molar-refractivity contribution is 6.23. The lowest BCUT2D eigenvalue weighted by Gasteiger charge is -2.26. The highest BCUT2D eigenvalue weighted by atomic mass is 35.5. The molecule has 2 aromatic rings. The van der Waals surface area contributed by atoms with Crippen LogP contribution in [0.25, 0.3) is 0 Å². The van der Waals surface area contributed by atoms with Crippen molar-refractivity contribution in [3.63, 3.8) is 0 Å². The van der Waals surface area contributed by atoms with E-state index >= 15 is 0 Å². The molecule has 2 aromatic carbocycles. The van der Waals surface area contributed by atoms with Crippen molar-refractivity contribution in [3.8, 4) is 0 Å². The maximum Gasteiger partial charge on any atom is 0.0659 e. The van der Waals surface area contributed by atoms with Gasteiger partial charge in [0.15, 0.2) is 0 Å². The molecule has 4 rings (SSSR count). The van der Waals surface area contributed by atoms with Gasteiger partial charge in [0.1, 0.15) is 0 Å². The van der Waals surface area contributed by atoms with Crippen LogP contribution in [0.3, 0.4) is 0 Å². The Morgan fingerprint density at radius 3 is 2.57 bits per heavy atom. The molecular formula is C19H18Cl2. The van der Waals surface area contributed by atoms with Crippen LogP contribution in [0.5, 0.6) is 0 Å². The molecule has 0 saturated heterocycles. The van der Waals surface area contributed by atoms with E-state index in [4.69, 9.17) is 23.2 Å². The molecule has 0 spiro atoms. The molecule has 0 nitrogen and oxygen atoms in total. The number of aryl methyl sites for hydroxylation is 2. The zero-order valence-corrected chi connectivity index (χ0v) is 13.8. The molecule has 2 aliphatic rings. The molecule has 108 valence electrons. The summed E-state index contributed by atoms with van der Waals surface area (Å²) in [6.07, 6.45) is 1.91. The highest BCUT2D eigenvalue weighted by Crippen LogP contribution is 2.52. The fourth-order valence-electron chi connectivity index (χ4n) is 4.02. The minimum atomic E-state index is 0.0436. The smallest absolute Gasteiger partial charge is 0.0659 e. The SMILES string of the molecule is Cc1ccc2c(c1)C(Cl)C1Cc3c(C)ccc1c3C(Cl)C2. The molecule has 0 N–H and O–H groups in total. The molecule has 0 radical (unpaired) electrons. The average Bonchev–Trinajstić information content (AvgIpc) is 2.78. The van der Waals surface area contributed by atoms with Crippen LogP contribution in [-0.4, -0.2) is 0 Å². The molecule has 2 aliphatic carbocycles. The topological polar surface area (TPSA) is 0 Å². The van der Waals surface area contributed by atoms with Crippen molar-refractivity contribution in [2.45, 2.75) is 43.4 Å². The zero-order chi connectivity index (χ0) is 14.7. The number of fused-ring (bicyclic) bond motifs is 1. The Morgan fingerprint density at radius 1 is 0.952 bits per heavy atom. The van der Waals surface area contributed by atoms with Crippen LogP contribution in [0.4, 0.5) is 0 Å². The summed E-state index contributed by atoms with van der Waals surface area (Å²) in [5.74, 6) is 0.368. The summed E-state index contributed by atoms with van der Waals surface area (Å²) in [6.45, 7) is 4.32. The molecule has 2 heteroatoms. The van der Waals surface area contributed by atoms with Gasteiger partial charge in [0.2, 0.25) is 0 Å². The maximum absolute atomic E-state index is 6.92. The quantitative estimate of drug-likeness (QED) is 0.542. The average molecular weight is 317 g/mol. The third kappa shape index (κ3) is 1.96. The van der Waals surface area contributed by atoms with Gasteiger partial charge in [-0.25, -0.2) is 0 Å². The van der Waals surface area contributed by atoms with Crippen molar-refractivity contribution < 1.29 is 0 Å². The van der Waals surface area contributed by atoms with Gasteiger partial charge < -0.3 is 0 Å². The van der Waals surface area contributed by atoms with E-state index in [1.54, 1.807) is 0 Å². The number of benzene rings is 2. The van der Waals surface area contributed by atoms with E-state index in [0.29, 0.717) is 5.92 Å².